The fourth-order valence-electron chi connectivity index (χ4n) is 3.49. The molecule has 0 spiro atoms. The molecule has 7 nitrogen and oxygen atoms in total. The molecule has 0 bridgehead atoms. The Labute approximate surface area is 155 Å². The Hall–Kier alpha value is -3.29. The lowest BCUT2D eigenvalue weighted by Gasteiger charge is -2.22. The van der Waals surface area contributed by atoms with Crippen LogP contribution in [0.15, 0.2) is 42.5 Å². The van der Waals surface area contributed by atoms with Crippen molar-refractivity contribution in [2.45, 2.75) is 19.3 Å². The van der Waals surface area contributed by atoms with Crippen molar-refractivity contribution in [3.63, 3.8) is 0 Å². The summed E-state index contributed by atoms with van der Waals surface area (Å²) in [5.74, 6) is 0.0370. The van der Waals surface area contributed by atoms with Crippen molar-refractivity contribution in [1.82, 2.24) is 20.6 Å². The van der Waals surface area contributed by atoms with Crippen molar-refractivity contribution < 1.29 is 9.18 Å². The van der Waals surface area contributed by atoms with Gasteiger partial charge in [-0.05, 0) is 47.2 Å². The van der Waals surface area contributed by atoms with Crippen LogP contribution in [0.25, 0.3) is 11.4 Å². The van der Waals surface area contributed by atoms with Crippen molar-refractivity contribution in [3.8, 4) is 11.4 Å². The molecular formula is C19H19FN6O. The monoisotopic (exact) mass is 366 g/mol. The van der Waals surface area contributed by atoms with Crippen LogP contribution in [0.2, 0.25) is 0 Å². The Morgan fingerprint density at radius 3 is 2.74 bits per heavy atom. The average Bonchev–Trinajstić information content (AvgIpc) is 3.23. The van der Waals surface area contributed by atoms with Gasteiger partial charge in [0.25, 0.3) is 0 Å². The van der Waals surface area contributed by atoms with Gasteiger partial charge in [-0.3, -0.25) is 4.79 Å². The Balaban J connectivity index is 1.45. The summed E-state index contributed by atoms with van der Waals surface area (Å²) in [6.07, 6.45) is 0. The third kappa shape index (κ3) is 3.38. The lowest BCUT2D eigenvalue weighted by Crippen LogP contribution is -2.35. The minimum absolute atomic E-state index is 0.129. The van der Waals surface area contributed by atoms with Gasteiger partial charge >= 0.3 is 0 Å². The third-order valence-electron chi connectivity index (χ3n) is 4.72. The molecule has 3 aromatic rings. The first-order valence-electron chi connectivity index (χ1n) is 8.61. The van der Waals surface area contributed by atoms with Crippen LogP contribution in [0.1, 0.15) is 19.4 Å². The zero-order chi connectivity index (χ0) is 19.0. The molecule has 1 aromatic heterocycles. The van der Waals surface area contributed by atoms with E-state index in [0.29, 0.717) is 18.1 Å². The van der Waals surface area contributed by atoms with E-state index < -0.39 is 0 Å². The summed E-state index contributed by atoms with van der Waals surface area (Å²) >= 11 is 0. The van der Waals surface area contributed by atoms with E-state index in [2.05, 4.69) is 39.8 Å². The molecule has 0 saturated heterocycles. The summed E-state index contributed by atoms with van der Waals surface area (Å²) in [6, 6.07) is 12.0. The predicted octanol–water partition coefficient (Wildman–Crippen LogP) is 2.74. The van der Waals surface area contributed by atoms with E-state index in [1.54, 1.807) is 18.2 Å². The van der Waals surface area contributed by atoms with Gasteiger partial charge in [0.05, 0.1) is 6.54 Å². The van der Waals surface area contributed by atoms with Crippen LogP contribution in [0.5, 0.6) is 0 Å². The highest BCUT2D eigenvalue weighted by Gasteiger charge is 2.35. The first kappa shape index (κ1) is 17.1. The highest BCUT2D eigenvalue weighted by atomic mass is 19.1. The molecule has 1 amide bonds. The number of hydrogen-bond donors (Lipinski definition) is 2. The smallest absolute Gasteiger partial charge is 0.243 e. The minimum atomic E-state index is -0.297. The van der Waals surface area contributed by atoms with Gasteiger partial charge in [-0.1, -0.05) is 19.9 Å². The first-order chi connectivity index (χ1) is 12.9. The average molecular weight is 366 g/mol. The summed E-state index contributed by atoms with van der Waals surface area (Å²) in [4.78, 5) is 14.4. The normalized spacial score (nSPS) is 14.9. The van der Waals surface area contributed by atoms with Crippen LogP contribution >= 0.6 is 0 Å². The zero-order valence-corrected chi connectivity index (χ0v) is 15.0. The number of nitrogens with one attached hydrogen (secondary N) is 2. The van der Waals surface area contributed by atoms with E-state index >= 15 is 0 Å². The lowest BCUT2D eigenvalue weighted by atomic mass is 9.87. The highest BCUT2D eigenvalue weighted by molar-refractivity contribution is 5.94. The van der Waals surface area contributed by atoms with Crippen molar-refractivity contribution in [2.24, 2.45) is 0 Å². The molecule has 0 atom stereocenters. The van der Waals surface area contributed by atoms with Gasteiger partial charge in [0.1, 0.15) is 5.82 Å². The summed E-state index contributed by atoms with van der Waals surface area (Å²) in [5, 5.41) is 16.6. The molecule has 1 aliphatic rings. The maximum absolute atomic E-state index is 13.7. The van der Waals surface area contributed by atoms with Gasteiger partial charge in [-0.25, -0.2) is 4.39 Å². The topological polar surface area (TPSA) is 86.8 Å². The van der Waals surface area contributed by atoms with Gasteiger partial charge in [-0.2, -0.15) is 5.21 Å². The maximum Gasteiger partial charge on any atom is 0.243 e. The number of aromatic nitrogens is 4. The van der Waals surface area contributed by atoms with Gasteiger partial charge in [0, 0.05) is 28.9 Å². The summed E-state index contributed by atoms with van der Waals surface area (Å²) in [6.45, 7) is 5.01. The number of amides is 1. The van der Waals surface area contributed by atoms with Crippen LogP contribution in [-0.2, 0) is 10.2 Å². The molecular weight excluding hydrogens is 347 g/mol. The van der Waals surface area contributed by atoms with Crippen LogP contribution < -0.4 is 10.2 Å². The minimum Gasteiger partial charge on any atom is -0.361 e. The molecule has 27 heavy (non-hydrogen) atoms. The van der Waals surface area contributed by atoms with Crippen LogP contribution in [-0.4, -0.2) is 39.6 Å². The number of H-pyrrole nitrogens is 1. The molecule has 0 fully saturated rings. The molecule has 0 radical (unpaired) electrons. The molecule has 2 aromatic carbocycles. The largest absolute Gasteiger partial charge is 0.361 e. The summed E-state index contributed by atoms with van der Waals surface area (Å²) in [5.41, 5.74) is 3.18. The highest BCUT2D eigenvalue weighted by Crippen LogP contribution is 2.40. The van der Waals surface area contributed by atoms with Crippen molar-refractivity contribution in [1.29, 1.82) is 0 Å². The Kier molecular flexibility index (Phi) is 4.10. The van der Waals surface area contributed by atoms with E-state index in [4.69, 9.17) is 0 Å². The number of tetrazole rings is 1. The second-order valence-corrected chi connectivity index (χ2v) is 7.26. The predicted molar refractivity (Wildman–Crippen MR) is 99.9 cm³/mol. The molecule has 0 aliphatic carbocycles. The third-order valence-corrected chi connectivity index (χ3v) is 4.72. The number of rotatable bonds is 4. The van der Waals surface area contributed by atoms with E-state index in [1.807, 2.05) is 17.0 Å². The Bertz CT molecular complexity index is 968. The second kappa shape index (κ2) is 6.46. The van der Waals surface area contributed by atoms with Crippen LogP contribution in [0.4, 0.5) is 15.8 Å². The number of aromatic amines is 1. The number of hydrogen-bond acceptors (Lipinski definition) is 5. The number of carbonyl (C=O) groups is 1. The second-order valence-electron chi connectivity index (χ2n) is 7.26. The Morgan fingerprint density at radius 1 is 1.26 bits per heavy atom. The van der Waals surface area contributed by atoms with Crippen LogP contribution in [0.3, 0.4) is 0 Å². The van der Waals surface area contributed by atoms with E-state index in [1.165, 1.54) is 12.1 Å². The molecule has 138 valence electrons. The molecule has 8 heteroatoms. The Morgan fingerprint density at radius 2 is 2.04 bits per heavy atom. The van der Waals surface area contributed by atoms with Gasteiger partial charge in [0.2, 0.25) is 11.7 Å². The number of carbonyl (C=O) groups excluding carboxylic acids is 1. The molecule has 1 aliphatic heterocycles. The van der Waals surface area contributed by atoms with Crippen molar-refractivity contribution in [2.75, 3.05) is 23.3 Å². The quantitative estimate of drug-likeness (QED) is 0.741. The fourth-order valence-corrected chi connectivity index (χ4v) is 3.49. The van der Waals surface area contributed by atoms with Crippen molar-refractivity contribution >= 4 is 17.3 Å². The van der Waals surface area contributed by atoms with Crippen molar-refractivity contribution in [3.05, 3.63) is 53.8 Å². The van der Waals surface area contributed by atoms with E-state index in [9.17, 15) is 9.18 Å². The molecule has 0 unspecified atom stereocenters. The number of anilines is 2. The van der Waals surface area contributed by atoms with Gasteiger partial charge in [-0.15, -0.1) is 10.2 Å². The zero-order valence-electron chi connectivity index (χ0n) is 15.0. The molecule has 4 rings (SSSR count). The number of nitrogens with zero attached hydrogens (tertiary/aromatic N) is 4. The van der Waals surface area contributed by atoms with E-state index in [0.717, 1.165) is 16.8 Å². The molecule has 0 saturated carbocycles. The van der Waals surface area contributed by atoms with E-state index in [-0.39, 0.29) is 23.7 Å². The SMILES string of the molecule is CC1(C)CN(CC(=O)Nc2ccc(-c3nn[nH]n3)cc2)c2cc(F)ccc21. The first-order valence-corrected chi connectivity index (χ1v) is 8.61. The summed E-state index contributed by atoms with van der Waals surface area (Å²) < 4.78 is 13.7. The van der Waals surface area contributed by atoms with Gasteiger partial charge < -0.3 is 10.2 Å². The van der Waals surface area contributed by atoms with Crippen LogP contribution in [0, 0.1) is 5.82 Å². The fraction of sp³-hybridized carbons (Fsp3) is 0.263. The number of halogens is 1. The number of benzene rings is 2. The molecule has 2 N–H and O–H groups in total. The molecule has 2 heterocycles. The standard InChI is InChI=1S/C19H19FN6O/c1-19(2)11-26(16-9-13(20)5-8-15(16)19)10-17(27)21-14-6-3-12(4-7-14)18-22-24-25-23-18/h3-9H,10-11H2,1-2H3,(H,21,27)(H,22,23,24,25). The maximum atomic E-state index is 13.7. The van der Waals surface area contributed by atoms with Gasteiger partial charge in [0.15, 0.2) is 0 Å². The number of fused-ring (bicyclic) bond motifs is 1. The summed E-state index contributed by atoms with van der Waals surface area (Å²) in [7, 11) is 0. The lowest BCUT2D eigenvalue weighted by molar-refractivity contribution is -0.115.